The van der Waals surface area contributed by atoms with Crippen LogP contribution < -0.4 is 11.1 Å². The smallest absolute Gasteiger partial charge is 0.314 e. The summed E-state index contributed by atoms with van der Waals surface area (Å²) in [7, 11) is 0. The SMILES string of the molecule is NC(=O)N1CCC(CC(=O)N2CCC(=C3c4c(Br)cc(O)cc4CCC4=CC(Br)=CNC43)CC2)CC1. The molecule has 4 N–H and O–H groups in total. The van der Waals surface area contributed by atoms with Crippen LogP contribution in [-0.2, 0) is 11.2 Å². The summed E-state index contributed by atoms with van der Waals surface area (Å²) in [6, 6.07) is 3.39. The first-order chi connectivity index (χ1) is 17.3. The molecule has 1 atom stereocenters. The van der Waals surface area contributed by atoms with Crippen molar-refractivity contribution in [3.63, 3.8) is 0 Å². The number of fused-ring (bicyclic) bond motifs is 2. The molecular formula is C27H32Br2N4O3. The number of allylic oxidation sites excluding steroid dienone is 2. The number of phenolic OH excluding ortho intramolecular Hbond substituents is 1. The highest BCUT2D eigenvalue weighted by Crippen LogP contribution is 2.44. The van der Waals surface area contributed by atoms with Crippen molar-refractivity contribution in [1.82, 2.24) is 15.1 Å². The van der Waals surface area contributed by atoms with E-state index in [1.807, 2.05) is 17.2 Å². The van der Waals surface area contributed by atoms with Crippen LogP contribution in [0.25, 0.3) is 5.57 Å². The average Bonchev–Trinajstić information content (AvgIpc) is 3.01. The van der Waals surface area contributed by atoms with Crippen LogP contribution in [0.3, 0.4) is 0 Å². The van der Waals surface area contributed by atoms with E-state index in [1.165, 1.54) is 22.3 Å². The van der Waals surface area contributed by atoms with Crippen LogP contribution in [0, 0.1) is 5.92 Å². The lowest BCUT2D eigenvalue weighted by Gasteiger charge is -2.35. The molecule has 0 aromatic heterocycles. The number of urea groups is 1. The van der Waals surface area contributed by atoms with Gasteiger partial charge in [0.2, 0.25) is 5.91 Å². The van der Waals surface area contributed by atoms with Gasteiger partial charge in [-0.3, -0.25) is 4.79 Å². The van der Waals surface area contributed by atoms with E-state index in [9.17, 15) is 14.7 Å². The number of phenols is 1. The average molecular weight is 620 g/mol. The summed E-state index contributed by atoms with van der Waals surface area (Å²) in [5.74, 6) is 0.806. The minimum absolute atomic E-state index is 0.0843. The first-order valence-electron chi connectivity index (χ1n) is 12.7. The van der Waals surface area contributed by atoms with Gasteiger partial charge in [0.15, 0.2) is 0 Å². The number of hydrogen-bond acceptors (Lipinski definition) is 4. The normalized spacial score (nSPS) is 22.7. The molecule has 0 spiro atoms. The number of benzene rings is 1. The second-order valence-corrected chi connectivity index (χ2v) is 12.0. The van der Waals surface area contributed by atoms with Crippen LogP contribution in [-0.4, -0.2) is 59.1 Å². The number of carbonyl (C=O) groups excluding carboxylic acids is 2. The first-order valence-corrected chi connectivity index (χ1v) is 14.3. The molecule has 1 aliphatic carbocycles. The lowest BCUT2D eigenvalue weighted by atomic mass is 9.84. The molecule has 0 saturated carbocycles. The van der Waals surface area contributed by atoms with Crippen molar-refractivity contribution in [2.75, 3.05) is 26.2 Å². The second-order valence-electron chi connectivity index (χ2n) is 10.2. The van der Waals surface area contributed by atoms with Crippen molar-refractivity contribution in [2.24, 2.45) is 11.7 Å². The highest BCUT2D eigenvalue weighted by molar-refractivity contribution is 9.12. The lowest BCUT2D eigenvalue weighted by Crippen LogP contribution is -2.43. The molecule has 9 heteroatoms. The summed E-state index contributed by atoms with van der Waals surface area (Å²) >= 11 is 7.36. The number of nitrogens with zero attached hydrogens (tertiary/aromatic N) is 2. The number of nitrogens with two attached hydrogens (primary N) is 1. The summed E-state index contributed by atoms with van der Waals surface area (Å²) in [4.78, 5) is 28.2. The predicted octanol–water partition coefficient (Wildman–Crippen LogP) is 4.79. The fourth-order valence-corrected chi connectivity index (χ4v) is 7.17. The maximum atomic E-state index is 13.1. The number of amides is 3. The fraction of sp³-hybridized carbons (Fsp3) is 0.481. The number of aromatic hydroxyl groups is 1. The van der Waals surface area contributed by atoms with E-state index in [4.69, 9.17) is 5.73 Å². The monoisotopic (exact) mass is 618 g/mol. The first kappa shape index (κ1) is 25.4. The van der Waals surface area contributed by atoms with Gasteiger partial charge in [-0.25, -0.2) is 4.79 Å². The number of aryl methyl sites for hydroxylation is 1. The highest BCUT2D eigenvalue weighted by atomic mass is 79.9. The Morgan fingerprint density at radius 2 is 1.75 bits per heavy atom. The predicted molar refractivity (Wildman–Crippen MR) is 147 cm³/mol. The zero-order chi connectivity index (χ0) is 25.4. The molecule has 3 amide bonds. The van der Waals surface area contributed by atoms with Gasteiger partial charge in [0, 0.05) is 47.8 Å². The van der Waals surface area contributed by atoms with Gasteiger partial charge in [-0.1, -0.05) is 21.5 Å². The molecule has 3 aliphatic heterocycles. The van der Waals surface area contributed by atoms with E-state index in [1.54, 1.807) is 11.0 Å². The van der Waals surface area contributed by atoms with Gasteiger partial charge in [-0.05, 0) is 101 Å². The van der Waals surface area contributed by atoms with Crippen LogP contribution in [0.2, 0.25) is 0 Å². The molecule has 2 fully saturated rings. The van der Waals surface area contributed by atoms with Crippen LogP contribution in [0.4, 0.5) is 4.79 Å². The number of piperidine rings is 2. The summed E-state index contributed by atoms with van der Waals surface area (Å²) in [6.45, 7) is 2.71. The standard InChI is InChI=1S/C27H32Br2N4O3/c28-20-12-19-2-1-18-13-21(34)14-22(29)24(18)25(26(19)31-15-20)17-5-9-32(10-6-17)23(35)11-16-3-7-33(8-4-16)27(30)36/h12-16,26,31,34H,1-11H2,(H2,30,36). The van der Waals surface area contributed by atoms with Crippen molar-refractivity contribution in [3.8, 4) is 5.75 Å². The third-order valence-electron chi connectivity index (χ3n) is 7.97. The third-order valence-corrected chi connectivity index (χ3v) is 9.05. The van der Waals surface area contributed by atoms with E-state index in [0.717, 1.165) is 53.0 Å². The van der Waals surface area contributed by atoms with Gasteiger partial charge in [0.1, 0.15) is 5.75 Å². The zero-order valence-electron chi connectivity index (χ0n) is 20.2. The number of rotatable bonds is 2. The molecule has 1 aromatic rings. The van der Waals surface area contributed by atoms with E-state index in [-0.39, 0.29) is 23.7 Å². The molecule has 4 aliphatic rings. The Balaban J connectivity index is 1.34. The molecule has 36 heavy (non-hydrogen) atoms. The van der Waals surface area contributed by atoms with Crippen molar-refractivity contribution < 1.29 is 14.7 Å². The van der Waals surface area contributed by atoms with Crippen LogP contribution in [0.15, 0.2) is 44.5 Å². The molecular weight excluding hydrogens is 588 g/mol. The van der Waals surface area contributed by atoms with Crippen LogP contribution >= 0.6 is 31.9 Å². The Bertz CT molecular complexity index is 1160. The van der Waals surface area contributed by atoms with Gasteiger partial charge in [0.25, 0.3) is 0 Å². The Morgan fingerprint density at radius 1 is 1.03 bits per heavy atom. The van der Waals surface area contributed by atoms with Crippen molar-refractivity contribution in [3.05, 3.63) is 55.6 Å². The van der Waals surface area contributed by atoms with Gasteiger partial charge in [-0.2, -0.15) is 0 Å². The maximum Gasteiger partial charge on any atom is 0.314 e. The molecule has 5 rings (SSSR count). The van der Waals surface area contributed by atoms with Gasteiger partial charge in [0.05, 0.1) is 6.04 Å². The van der Waals surface area contributed by atoms with Gasteiger partial charge < -0.3 is 26.0 Å². The summed E-state index contributed by atoms with van der Waals surface area (Å²) in [6.07, 6.45) is 9.89. The number of carbonyl (C=O) groups is 2. The van der Waals surface area contributed by atoms with E-state index < -0.39 is 0 Å². The molecule has 1 aromatic carbocycles. The summed E-state index contributed by atoms with van der Waals surface area (Å²) < 4.78 is 1.95. The summed E-state index contributed by atoms with van der Waals surface area (Å²) in [5.41, 5.74) is 11.7. The van der Waals surface area contributed by atoms with E-state index in [0.29, 0.717) is 38.5 Å². The van der Waals surface area contributed by atoms with Gasteiger partial charge >= 0.3 is 6.03 Å². The van der Waals surface area contributed by atoms with E-state index in [2.05, 4.69) is 43.3 Å². The molecule has 7 nitrogen and oxygen atoms in total. The van der Waals surface area contributed by atoms with Crippen LogP contribution in [0.5, 0.6) is 5.75 Å². The van der Waals surface area contributed by atoms with Crippen LogP contribution in [0.1, 0.15) is 49.7 Å². The third kappa shape index (κ3) is 5.23. The van der Waals surface area contributed by atoms with Crippen molar-refractivity contribution >= 4 is 49.4 Å². The minimum atomic E-state index is -0.369. The zero-order valence-corrected chi connectivity index (χ0v) is 23.4. The molecule has 3 heterocycles. The Kier molecular flexibility index (Phi) is 7.49. The number of primary amides is 1. The number of nitrogens with one attached hydrogen (secondary N) is 1. The topological polar surface area (TPSA) is 98.9 Å². The van der Waals surface area contributed by atoms with Crippen molar-refractivity contribution in [1.29, 1.82) is 0 Å². The lowest BCUT2D eigenvalue weighted by molar-refractivity contribution is -0.132. The molecule has 2 saturated heterocycles. The molecule has 0 bridgehead atoms. The minimum Gasteiger partial charge on any atom is -0.508 e. The Labute approximate surface area is 228 Å². The fourth-order valence-electron chi connectivity index (χ4n) is 6.04. The molecule has 1 unspecified atom stereocenters. The number of likely N-dealkylation sites (tertiary alicyclic amines) is 2. The summed E-state index contributed by atoms with van der Waals surface area (Å²) in [5, 5.41) is 13.9. The molecule has 0 radical (unpaired) electrons. The quantitative estimate of drug-likeness (QED) is 0.443. The Hall–Kier alpha value is -2.26. The number of dihydropyridines is 1. The van der Waals surface area contributed by atoms with Gasteiger partial charge in [-0.15, -0.1) is 0 Å². The molecule has 192 valence electrons. The number of hydrogen-bond donors (Lipinski definition) is 3. The second kappa shape index (κ2) is 10.6. The van der Waals surface area contributed by atoms with Crippen molar-refractivity contribution in [2.45, 2.75) is 51.0 Å². The maximum absolute atomic E-state index is 13.1. The Morgan fingerprint density at radius 3 is 2.44 bits per heavy atom. The number of halogens is 2. The largest absolute Gasteiger partial charge is 0.508 e. The van der Waals surface area contributed by atoms with E-state index >= 15 is 0 Å². The highest BCUT2D eigenvalue weighted by Gasteiger charge is 2.33.